The summed E-state index contributed by atoms with van der Waals surface area (Å²) in [6.45, 7) is -0.263. The molecule has 0 radical (unpaired) electrons. The van der Waals surface area contributed by atoms with Crippen LogP contribution in [0.15, 0.2) is 47.2 Å². The Labute approximate surface area is 200 Å². The van der Waals surface area contributed by atoms with Gasteiger partial charge in [-0.05, 0) is 66.6 Å². The number of thiophene rings is 1. The first kappa shape index (κ1) is 24.2. The van der Waals surface area contributed by atoms with Gasteiger partial charge in [-0.2, -0.15) is 29.6 Å². The lowest BCUT2D eigenvalue weighted by atomic mass is 9.93. The Morgan fingerprint density at radius 3 is 2.56 bits per heavy atom. The number of rotatable bonds is 8. The van der Waals surface area contributed by atoms with Crippen molar-refractivity contribution >= 4 is 28.7 Å². The number of ketones is 1. The number of benzene rings is 1. The highest BCUT2D eigenvalue weighted by molar-refractivity contribution is 7.07. The van der Waals surface area contributed by atoms with E-state index < -0.39 is 17.8 Å². The molecule has 1 aliphatic carbocycles. The molecular formula is C25H26F3N3O2S. The molecule has 5 nitrogen and oxygen atoms in total. The Morgan fingerprint density at radius 1 is 1.15 bits per heavy atom. The van der Waals surface area contributed by atoms with Gasteiger partial charge in [0, 0.05) is 36.3 Å². The molecule has 0 bridgehead atoms. The van der Waals surface area contributed by atoms with Crippen molar-refractivity contribution < 1.29 is 22.8 Å². The maximum absolute atomic E-state index is 13.5. The molecule has 2 aromatic heterocycles. The van der Waals surface area contributed by atoms with E-state index in [-0.39, 0.29) is 30.2 Å². The van der Waals surface area contributed by atoms with E-state index in [1.807, 2.05) is 47.2 Å². The van der Waals surface area contributed by atoms with Gasteiger partial charge in [0.05, 0.1) is 6.54 Å². The Morgan fingerprint density at radius 2 is 1.88 bits per heavy atom. The van der Waals surface area contributed by atoms with Crippen molar-refractivity contribution in [3.05, 3.63) is 69.7 Å². The minimum Gasteiger partial charge on any atom is -0.315 e. The monoisotopic (exact) mass is 489 g/mol. The summed E-state index contributed by atoms with van der Waals surface area (Å²) in [7, 11) is 1.67. The average Bonchev–Trinajstić information content (AvgIpc) is 3.46. The zero-order valence-electron chi connectivity index (χ0n) is 18.8. The van der Waals surface area contributed by atoms with Gasteiger partial charge in [0.2, 0.25) is 5.91 Å². The Kier molecular flexibility index (Phi) is 7.21. The predicted octanol–water partition coefficient (Wildman–Crippen LogP) is 5.32. The van der Waals surface area contributed by atoms with Crippen LogP contribution in [-0.2, 0) is 41.6 Å². The number of nitrogens with zero attached hydrogens (tertiary/aromatic N) is 3. The molecule has 3 aromatic rings. The lowest BCUT2D eigenvalue weighted by Gasteiger charge is -2.24. The molecule has 4 rings (SSSR count). The second-order valence-electron chi connectivity index (χ2n) is 8.64. The van der Waals surface area contributed by atoms with Crippen LogP contribution in [0.1, 0.15) is 41.8 Å². The summed E-state index contributed by atoms with van der Waals surface area (Å²) in [6, 6.07) is 11.1. The standard InChI is InChI=1S/C25H26F3N3O2S/c1-30(19-7-3-2-4-8-19)24(33)18(13-17-11-12-34-16-17)14-20(32)15-31-22-10-6-5-9-21(22)23(29-31)25(26,27)28/h2-4,7-8,11-12,16,18H,5-6,9-10,13-15H2,1H3. The van der Waals surface area contributed by atoms with Crippen molar-refractivity contribution in [3.8, 4) is 0 Å². The van der Waals surface area contributed by atoms with Gasteiger partial charge >= 0.3 is 6.18 Å². The third-order valence-corrected chi connectivity index (χ3v) is 6.94. The number of amides is 1. The van der Waals surface area contributed by atoms with Crippen molar-refractivity contribution in [1.29, 1.82) is 0 Å². The van der Waals surface area contributed by atoms with Crippen LogP contribution >= 0.6 is 11.3 Å². The normalized spacial score (nSPS) is 14.5. The number of fused-ring (bicyclic) bond motifs is 1. The van der Waals surface area contributed by atoms with Crippen molar-refractivity contribution in [2.75, 3.05) is 11.9 Å². The summed E-state index contributed by atoms with van der Waals surface area (Å²) in [5, 5.41) is 7.64. The van der Waals surface area contributed by atoms with E-state index in [2.05, 4.69) is 5.10 Å². The first-order valence-electron chi connectivity index (χ1n) is 11.2. The number of carbonyl (C=O) groups excluding carboxylic acids is 2. The van der Waals surface area contributed by atoms with Crippen molar-refractivity contribution in [2.45, 2.75) is 51.2 Å². The van der Waals surface area contributed by atoms with Gasteiger partial charge in [-0.3, -0.25) is 14.3 Å². The molecule has 1 unspecified atom stereocenters. The molecule has 0 N–H and O–H groups in total. The van der Waals surface area contributed by atoms with Crippen LogP contribution in [0.5, 0.6) is 0 Å². The summed E-state index contributed by atoms with van der Waals surface area (Å²) >= 11 is 1.51. The van der Waals surface area contributed by atoms with Crippen molar-refractivity contribution in [2.24, 2.45) is 5.92 Å². The van der Waals surface area contributed by atoms with Gasteiger partial charge in [-0.15, -0.1) is 0 Å². The van der Waals surface area contributed by atoms with Gasteiger partial charge < -0.3 is 4.90 Å². The van der Waals surface area contributed by atoms with Crippen molar-refractivity contribution in [3.63, 3.8) is 0 Å². The first-order valence-corrected chi connectivity index (χ1v) is 12.2. The topological polar surface area (TPSA) is 55.2 Å². The third-order valence-electron chi connectivity index (χ3n) is 6.21. The van der Waals surface area contributed by atoms with Gasteiger partial charge in [-0.25, -0.2) is 0 Å². The zero-order valence-corrected chi connectivity index (χ0v) is 19.7. The SMILES string of the molecule is CN(C(=O)C(CC(=O)Cn1nc(C(F)(F)F)c2c1CCCC2)Cc1ccsc1)c1ccccc1. The quantitative estimate of drug-likeness (QED) is 0.430. The molecule has 9 heteroatoms. The molecule has 0 saturated carbocycles. The van der Waals surface area contributed by atoms with E-state index in [0.717, 1.165) is 12.0 Å². The summed E-state index contributed by atoms with van der Waals surface area (Å²) in [4.78, 5) is 27.9. The minimum atomic E-state index is -4.55. The fourth-order valence-corrected chi connectivity index (χ4v) is 5.21. The smallest absolute Gasteiger partial charge is 0.315 e. The lowest BCUT2D eigenvalue weighted by molar-refractivity contribution is -0.142. The number of hydrogen-bond donors (Lipinski definition) is 0. The van der Waals surface area contributed by atoms with Crippen LogP contribution < -0.4 is 4.90 Å². The Bertz CT molecular complexity index is 1140. The summed E-state index contributed by atoms with van der Waals surface area (Å²) in [5.41, 5.74) is 1.49. The number of hydrogen-bond acceptors (Lipinski definition) is 4. The maximum atomic E-state index is 13.5. The number of carbonyl (C=O) groups is 2. The molecule has 0 saturated heterocycles. The fraction of sp³-hybridized carbons (Fsp3) is 0.400. The van der Waals surface area contributed by atoms with Crippen LogP contribution in [0, 0.1) is 5.92 Å². The van der Waals surface area contributed by atoms with Crippen LogP contribution in [-0.4, -0.2) is 28.5 Å². The minimum absolute atomic E-state index is 0.0676. The number of halogens is 3. The molecule has 0 spiro atoms. The molecule has 0 aliphatic heterocycles. The lowest BCUT2D eigenvalue weighted by Crippen LogP contribution is -2.35. The van der Waals surface area contributed by atoms with Gasteiger partial charge in [0.1, 0.15) is 0 Å². The Balaban J connectivity index is 1.54. The highest BCUT2D eigenvalue weighted by Gasteiger charge is 2.39. The predicted molar refractivity (Wildman–Crippen MR) is 125 cm³/mol. The molecule has 0 fully saturated rings. The van der Waals surface area contributed by atoms with E-state index in [1.165, 1.54) is 20.9 Å². The molecule has 1 aromatic carbocycles. The number of para-hydroxylation sites is 1. The highest BCUT2D eigenvalue weighted by atomic mass is 32.1. The second-order valence-corrected chi connectivity index (χ2v) is 9.42. The number of anilines is 1. The van der Waals surface area contributed by atoms with Gasteiger partial charge in [0.15, 0.2) is 11.5 Å². The summed E-state index contributed by atoms with van der Waals surface area (Å²) in [6.07, 6.45) is -1.99. The molecule has 180 valence electrons. The molecular weight excluding hydrogens is 463 g/mol. The van der Waals surface area contributed by atoms with E-state index in [1.54, 1.807) is 7.05 Å². The van der Waals surface area contributed by atoms with Gasteiger partial charge in [-0.1, -0.05) is 18.2 Å². The molecule has 2 heterocycles. The van der Waals surface area contributed by atoms with Crippen molar-refractivity contribution in [1.82, 2.24) is 9.78 Å². The van der Waals surface area contributed by atoms with E-state index in [4.69, 9.17) is 0 Å². The van der Waals surface area contributed by atoms with E-state index in [9.17, 15) is 22.8 Å². The maximum Gasteiger partial charge on any atom is 0.435 e. The Hall–Kier alpha value is -2.94. The van der Waals surface area contributed by atoms with Crippen LogP contribution in [0.4, 0.5) is 18.9 Å². The largest absolute Gasteiger partial charge is 0.435 e. The number of Topliss-reactive ketones (excluding diaryl/α,β-unsaturated/α-hetero) is 1. The van der Waals surface area contributed by atoms with Crippen LogP contribution in [0.3, 0.4) is 0 Å². The van der Waals surface area contributed by atoms with Crippen LogP contribution in [0.2, 0.25) is 0 Å². The summed E-state index contributed by atoms with van der Waals surface area (Å²) < 4.78 is 41.7. The van der Waals surface area contributed by atoms with E-state index in [0.29, 0.717) is 37.1 Å². The zero-order chi connectivity index (χ0) is 24.3. The van der Waals surface area contributed by atoms with E-state index >= 15 is 0 Å². The number of alkyl halides is 3. The number of aromatic nitrogens is 2. The average molecular weight is 490 g/mol. The highest BCUT2D eigenvalue weighted by Crippen LogP contribution is 2.36. The summed E-state index contributed by atoms with van der Waals surface area (Å²) in [5.74, 6) is -1.13. The molecule has 1 aliphatic rings. The first-order chi connectivity index (χ1) is 16.2. The fourth-order valence-electron chi connectivity index (χ4n) is 4.53. The second kappa shape index (κ2) is 10.1. The molecule has 1 atom stereocenters. The van der Waals surface area contributed by atoms with Crippen LogP contribution in [0.25, 0.3) is 0 Å². The molecule has 1 amide bonds. The molecule has 34 heavy (non-hydrogen) atoms. The third kappa shape index (κ3) is 5.41. The van der Waals surface area contributed by atoms with Gasteiger partial charge in [0.25, 0.3) is 0 Å².